The zero-order chi connectivity index (χ0) is 19.6. The van der Waals surface area contributed by atoms with E-state index in [2.05, 4.69) is 15.6 Å². The van der Waals surface area contributed by atoms with Crippen LogP contribution in [0.2, 0.25) is 5.02 Å². The molecule has 0 amide bonds. The molecule has 2 aromatic rings. The second kappa shape index (κ2) is 12.7. The molecule has 2 aromatic carbocycles. The van der Waals surface area contributed by atoms with Crippen LogP contribution < -0.4 is 20.1 Å². The number of benzene rings is 2. The Morgan fingerprint density at radius 3 is 2.29 bits per heavy atom. The Labute approximate surface area is 187 Å². The first-order chi connectivity index (χ1) is 13.1. The summed E-state index contributed by atoms with van der Waals surface area (Å²) in [6.07, 6.45) is 1.49. The van der Waals surface area contributed by atoms with Gasteiger partial charge in [-0.1, -0.05) is 23.7 Å². The summed E-state index contributed by atoms with van der Waals surface area (Å²) < 4.78 is 23.6. The SMILES string of the molecule is CN=C(NCCc1ccc(OC)c(OC)c1)NCCc1ccc(F)cc1Cl.I. The van der Waals surface area contributed by atoms with Crippen LogP contribution in [0, 0.1) is 5.82 Å². The van der Waals surface area contributed by atoms with Gasteiger partial charge in [-0.05, 0) is 48.2 Å². The summed E-state index contributed by atoms with van der Waals surface area (Å²) in [4.78, 5) is 4.20. The highest BCUT2D eigenvalue weighted by atomic mass is 127. The van der Waals surface area contributed by atoms with E-state index in [1.165, 1.54) is 12.1 Å². The lowest BCUT2D eigenvalue weighted by Gasteiger charge is -2.13. The Balaban J connectivity index is 0.00000392. The third-order valence-electron chi connectivity index (χ3n) is 4.08. The number of aliphatic imine (C=N–C) groups is 1. The molecule has 0 radical (unpaired) electrons. The van der Waals surface area contributed by atoms with Gasteiger partial charge in [-0.2, -0.15) is 0 Å². The van der Waals surface area contributed by atoms with Gasteiger partial charge in [0, 0.05) is 25.2 Å². The fraction of sp³-hybridized carbons (Fsp3) is 0.350. The summed E-state index contributed by atoms with van der Waals surface area (Å²) in [5.41, 5.74) is 2.03. The standard InChI is InChI=1S/C20H25ClFN3O2.HI/c1-23-20(25-11-9-15-5-6-16(22)13-17(15)21)24-10-8-14-4-7-18(26-2)19(12-14)27-3;/h4-7,12-13H,8-11H2,1-3H3,(H2,23,24,25);1H. The van der Waals surface area contributed by atoms with E-state index in [1.807, 2.05) is 18.2 Å². The molecule has 0 bridgehead atoms. The van der Waals surface area contributed by atoms with Gasteiger partial charge >= 0.3 is 0 Å². The molecule has 0 spiro atoms. The Kier molecular flexibility index (Phi) is 11.0. The molecule has 0 aliphatic rings. The predicted octanol–water partition coefficient (Wildman–Crippen LogP) is 4.06. The number of rotatable bonds is 8. The Bertz CT molecular complexity index is 790. The van der Waals surface area contributed by atoms with Crippen LogP contribution in [-0.4, -0.2) is 40.3 Å². The van der Waals surface area contributed by atoms with Gasteiger partial charge in [0.1, 0.15) is 5.82 Å². The highest BCUT2D eigenvalue weighted by molar-refractivity contribution is 14.0. The smallest absolute Gasteiger partial charge is 0.190 e. The van der Waals surface area contributed by atoms with Crippen molar-refractivity contribution in [3.05, 3.63) is 58.4 Å². The molecule has 0 atom stereocenters. The van der Waals surface area contributed by atoms with Crippen LogP contribution in [0.1, 0.15) is 11.1 Å². The van der Waals surface area contributed by atoms with E-state index in [0.29, 0.717) is 42.0 Å². The van der Waals surface area contributed by atoms with Crippen LogP contribution in [-0.2, 0) is 12.8 Å². The summed E-state index contributed by atoms with van der Waals surface area (Å²) >= 11 is 6.04. The number of halogens is 3. The minimum absolute atomic E-state index is 0. The molecule has 0 unspecified atom stereocenters. The van der Waals surface area contributed by atoms with Crippen molar-refractivity contribution in [3.8, 4) is 11.5 Å². The van der Waals surface area contributed by atoms with Crippen LogP contribution in [0.25, 0.3) is 0 Å². The fourth-order valence-electron chi connectivity index (χ4n) is 2.62. The second-order valence-corrected chi connectivity index (χ2v) is 6.26. The van der Waals surface area contributed by atoms with Crippen molar-refractivity contribution < 1.29 is 13.9 Å². The summed E-state index contributed by atoms with van der Waals surface area (Å²) in [6, 6.07) is 10.3. The van der Waals surface area contributed by atoms with E-state index in [-0.39, 0.29) is 29.8 Å². The van der Waals surface area contributed by atoms with Crippen LogP contribution in [0.5, 0.6) is 11.5 Å². The van der Waals surface area contributed by atoms with Crippen molar-refractivity contribution in [2.45, 2.75) is 12.8 Å². The van der Waals surface area contributed by atoms with Gasteiger partial charge < -0.3 is 20.1 Å². The molecular weight excluding hydrogens is 496 g/mol. The Hall–Kier alpha value is -1.74. The van der Waals surface area contributed by atoms with Crippen LogP contribution in [0.15, 0.2) is 41.4 Å². The number of ether oxygens (including phenoxy) is 2. The quantitative estimate of drug-likeness (QED) is 0.313. The maximum atomic E-state index is 13.1. The molecule has 0 saturated heterocycles. The van der Waals surface area contributed by atoms with E-state index >= 15 is 0 Å². The number of hydrogen-bond donors (Lipinski definition) is 2. The van der Waals surface area contributed by atoms with Crippen LogP contribution >= 0.6 is 35.6 Å². The highest BCUT2D eigenvalue weighted by Gasteiger charge is 2.06. The molecule has 2 N–H and O–H groups in total. The van der Waals surface area contributed by atoms with E-state index in [1.54, 1.807) is 27.3 Å². The van der Waals surface area contributed by atoms with Gasteiger partial charge in [-0.25, -0.2) is 4.39 Å². The predicted molar refractivity (Wildman–Crippen MR) is 123 cm³/mol. The third kappa shape index (κ3) is 7.35. The first-order valence-electron chi connectivity index (χ1n) is 8.66. The van der Waals surface area contributed by atoms with Gasteiger partial charge in [0.25, 0.3) is 0 Å². The zero-order valence-electron chi connectivity index (χ0n) is 16.2. The van der Waals surface area contributed by atoms with Crippen LogP contribution in [0.4, 0.5) is 4.39 Å². The third-order valence-corrected chi connectivity index (χ3v) is 4.43. The average Bonchev–Trinajstić information content (AvgIpc) is 2.68. The first kappa shape index (κ1) is 24.3. The van der Waals surface area contributed by atoms with Crippen molar-refractivity contribution in [2.75, 3.05) is 34.4 Å². The lowest BCUT2D eigenvalue weighted by atomic mass is 10.1. The molecule has 0 heterocycles. The second-order valence-electron chi connectivity index (χ2n) is 5.85. The summed E-state index contributed by atoms with van der Waals surface area (Å²) in [7, 11) is 4.96. The molecular formula is C20H26ClFIN3O2. The number of nitrogens with zero attached hydrogens (tertiary/aromatic N) is 1. The number of guanidine groups is 1. The molecule has 0 aromatic heterocycles. The van der Waals surface area contributed by atoms with Gasteiger partial charge in [0.15, 0.2) is 17.5 Å². The van der Waals surface area contributed by atoms with E-state index in [0.717, 1.165) is 17.5 Å². The first-order valence-corrected chi connectivity index (χ1v) is 9.04. The van der Waals surface area contributed by atoms with E-state index in [4.69, 9.17) is 21.1 Å². The largest absolute Gasteiger partial charge is 0.493 e. The molecule has 8 heteroatoms. The summed E-state index contributed by atoms with van der Waals surface area (Å²) in [5.74, 6) is 1.80. The highest BCUT2D eigenvalue weighted by Crippen LogP contribution is 2.27. The van der Waals surface area contributed by atoms with Gasteiger partial charge in [0.2, 0.25) is 0 Å². The Morgan fingerprint density at radius 2 is 1.68 bits per heavy atom. The topological polar surface area (TPSA) is 54.9 Å². The molecule has 154 valence electrons. The van der Waals surface area contributed by atoms with Gasteiger partial charge in [-0.3, -0.25) is 4.99 Å². The number of hydrogen-bond acceptors (Lipinski definition) is 3. The van der Waals surface area contributed by atoms with Crippen molar-refractivity contribution in [2.24, 2.45) is 4.99 Å². The summed E-state index contributed by atoms with van der Waals surface area (Å²) in [5, 5.41) is 6.93. The number of nitrogens with one attached hydrogen (secondary N) is 2. The monoisotopic (exact) mass is 521 g/mol. The van der Waals surface area contributed by atoms with Crippen LogP contribution in [0.3, 0.4) is 0 Å². The minimum Gasteiger partial charge on any atom is -0.493 e. The maximum Gasteiger partial charge on any atom is 0.190 e. The molecule has 2 rings (SSSR count). The Morgan fingerprint density at radius 1 is 1.00 bits per heavy atom. The average molecular weight is 522 g/mol. The zero-order valence-corrected chi connectivity index (χ0v) is 19.3. The molecule has 28 heavy (non-hydrogen) atoms. The van der Waals surface area contributed by atoms with Gasteiger partial charge in [0.05, 0.1) is 14.2 Å². The molecule has 0 saturated carbocycles. The minimum atomic E-state index is -0.329. The summed E-state index contributed by atoms with van der Waals surface area (Å²) in [6.45, 7) is 1.36. The molecule has 0 aliphatic heterocycles. The fourth-order valence-corrected chi connectivity index (χ4v) is 2.88. The molecule has 5 nitrogen and oxygen atoms in total. The number of methoxy groups -OCH3 is 2. The van der Waals surface area contributed by atoms with Crippen molar-refractivity contribution >= 4 is 41.5 Å². The van der Waals surface area contributed by atoms with Crippen molar-refractivity contribution in [3.63, 3.8) is 0 Å². The van der Waals surface area contributed by atoms with E-state index in [9.17, 15) is 4.39 Å². The lowest BCUT2D eigenvalue weighted by molar-refractivity contribution is 0.354. The lowest BCUT2D eigenvalue weighted by Crippen LogP contribution is -2.39. The maximum absolute atomic E-state index is 13.1. The van der Waals surface area contributed by atoms with Crippen molar-refractivity contribution in [1.29, 1.82) is 0 Å². The van der Waals surface area contributed by atoms with Crippen molar-refractivity contribution in [1.82, 2.24) is 10.6 Å². The normalized spacial score (nSPS) is 10.8. The van der Waals surface area contributed by atoms with E-state index < -0.39 is 0 Å². The molecule has 0 fully saturated rings. The molecule has 0 aliphatic carbocycles. The van der Waals surface area contributed by atoms with Gasteiger partial charge in [-0.15, -0.1) is 24.0 Å².